The molecule has 1 unspecified atom stereocenters. The zero-order valence-corrected chi connectivity index (χ0v) is 18.4. The van der Waals surface area contributed by atoms with Crippen molar-refractivity contribution in [3.63, 3.8) is 0 Å². The number of ether oxygens (including phenoxy) is 1. The summed E-state index contributed by atoms with van der Waals surface area (Å²) in [5.41, 5.74) is 1.30. The third-order valence-corrected chi connectivity index (χ3v) is 5.64. The van der Waals surface area contributed by atoms with E-state index in [1.807, 2.05) is 0 Å². The first-order valence-electron chi connectivity index (χ1n) is 10.8. The summed E-state index contributed by atoms with van der Waals surface area (Å²) in [6, 6.07) is 6.83. The van der Waals surface area contributed by atoms with Crippen molar-refractivity contribution in [1.82, 2.24) is 20.5 Å². The molecular weight excluding hydrogens is 442 g/mol. The number of hydrogen-bond donors (Lipinski definition) is 3. The van der Waals surface area contributed by atoms with Gasteiger partial charge in [-0.3, -0.25) is 34.7 Å². The summed E-state index contributed by atoms with van der Waals surface area (Å²) < 4.78 is 5.09. The third-order valence-electron chi connectivity index (χ3n) is 5.64. The molecule has 2 aliphatic heterocycles. The van der Waals surface area contributed by atoms with Crippen LogP contribution in [0.2, 0.25) is 0 Å². The van der Waals surface area contributed by atoms with Gasteiger partial charge in [0, 0.05) is 25.2 Å². The van der Waals surface area contributed by atoms with Gasteiger partial charge in [0.05, 0.1) is 18.2 Å². The molecule has 1 atom stereocenters. The Balaban J connectivity index is 1.31. The third kappa shape index (κ3) is 4.72. The van der Waals surface area contributed by atoms with Gasteiger partial charge in [0.1, 0.15) is 17.6 Å². The number of hydrogen-bond acceptors (Lipinski definition) is 7. The highest BCUT2D eigenvalue weighted by Crippen LogP contribution is 2.28. The molecular formula is C23H23N5O6. The fraction of sp³-hybridized carbons (Fsp3) is 0.304. The molecule has 11 heteroatoms. The molecule has 176 valence electrons. The SMILES string of the molecule is COc1ccnc(NC(=O)NCCCc2ccc3c(c2)C(=O)N(C2CCC(=O)NC2=O)C3=O)c1. The van der Waals surface area contributed by atoms with E-state index >= 15 is 0 Å². The zero-order valence-electron chi connectivity index (χ0n) is 18.4. The lowest BCUT2D eigenvalue weighted by Crippen LogP contribution is -2.54. The highest BCUT2D eigenvalue weighted by atomic mass is 16.5. The quantitative estimate of drug-likeness (QED) is 0.412. The number of methoxy groups -OCH3 is 1. The zero-order chi connectivity index (χ0) is 24.2. The van der Waals surface area contributed by atoms with Crippen molar-refractivity contribution < 1.29 is 28.7 Å². The first-order chi connectivity index (χ1) is 16.4. The van der Waals surface area contributed by atoms with Gasteiger partial charge in [-0.2, -0.15) is 0 Å². The highest BCUT2D eigenvalue weighted by molar-refractivity contribution is 6.23. The van der Waals surface area contributed by atoms with E-state index in [4.69, 9.17) is 4.74 Å². The van der Waals surface area contributed by atoms with Gasteiger partial charge in [0.25, 0.3) is 11.8 Å². The minimum atomic E-state index is -0.990. The Morgan fingerprint density at radius 1 is 1.15 bits per heavy atom. The molecule has 1 saturated heterocycles. The number of carbonyl (C=O) groups excluding carboxylic acids is 5. The number of fused-ring (bicyclic) bond motifs is 1. The molecule has 2 aliphatic rings. The highest BCUT2D eigenvalue weighted by Gasteiger charge is 2.44. The van der Waals surface area contributed by atoms with E-state index in [2.05, 4.69) is 20.9 Å². The Kier molecular flexibility index (Phi) is 6.53. The molecule has 1 aromatic heterocycles. The molecule has 2 aromatic rings. The molecule has 0 spiro atoms. The van der Waals surface area contributed by atoms with Gasteiger partial charge in [-0.25, -0.2) is 9.78 Å². The second-order valence-corrected chi connectivity index (χ2v) is 7.89. The standard InChI is InChI=1S/C23H23N5O6/c1-34-14-8-10-24-18(12-14)26-23(33)25-9-2-3-13-4-5-15-16(11-13)22(32)28(21(15)31)17-6-7-19(29)27-20(17)30/h4-5,8,10-12,17H,2-3,6-7,9H2,1H3,(H,27,29,30)(H2,24,25,26,33). The van der Waals surface area contributed by atoms with Crippen LogP contribution in [0.3, 0.4) is 0 Å². The molecule has 3 N–H and O–H groups in total. The molecule has 0 aliphatic carbocycles. The summed E-state index contributed by atoms with van der Waals surface area (Å²) in [6.45, 7) is 0.377. The molecule has 1 aromatic carbocycles. The number of aromatic nitrogens is 1. The van der Waals surface area contributed by atoms with Crippen molar-refractivity contribution in [2.24, 2.45) is 0 Å². The first-order valence-corrected chi connectivity index (χ1v) is 10.8. The number of rotatable bonds is 7. The lowest BCUT2D eigenvalue weighted by Gasteiger charge is -2.27. The second-order valence-electron chi connectivity index (χ2n) is 7.89. The number of carbonyl (C=O) groups is 5. The maximum absolute atomic E-state index is 12.9. The van der Waals surface area contributed by atoms with Crippen LogP contribution in [0, 0.1) is 0 Å². The first kappa shape index (κ1) is 22.9. The molecule has 0 saturated carbocycles. The van der Waals surface area contributed by atoms with Crippen molar-refractivity contribution in [3.8, 4) is 5.75 Å². The monoisotopic (exact) mass is 465 g/mol. The van der Waals surface area contributed by atoms with Gasteiger partial charge in [-0.1, -0.05) is 6.07 Å². The lowest BCUT2D eigenvalue weighted by molar-refractivity contribution is -0.136. The number of anilines is 1. The molecule has 3 heterocycles. The van der Waals surface area contributed by atoms with Crippen molar-refractivity contribution in [3.05, 3.63) is 53.2 Å². The fourth-order valence-electron chi connectivity index (χ4n) is 3.94. The van der Waals surface area contributed by atoms with Gasteiger partial charge in [0.15, 0.2) is 0 Å². The summed E-state index contributed by atoms with van der Waals surface area (Å²) in [5, 5.41) is 7.53. The van der Waals surface area contributed by atoms with Gasteiger partial charge >= 0.3 is 6.03 Å². The number of aryl methyl sites for hydroxylation is 1. The summed E-state index contributed by atoms with van der Waals surface area (Å²) in [6.07, 6.45) is 2.86. The molecule has 1 fully saturated rings. The van der Waals surface area contributed by atoms with Crippen LogP contribution in [0.15, 0.2) is 36.5 Å². The summed E-state index contributed by atoms with van der Waals surface area (Å²) >= 11 is 0. The number of piperidine rings is 1. The van der Waals surface area contributed by atoms with E-state index in [1.165, 1.54) is 13.3 Å². The molecule has 0 radical (unpaired) electrons. The maximum atomic E-state index is 12.9. The van der Waals surface area contributed by atoms with Gasteiger partial charge in [-0.05, 0) is 43.0 Å². The topological polar surface area (TPSA) is 147 Å². The smallest absolute Gasteiger partial charge is 0.320 e. The fourth-order valence-corrected chi connectivity index (χ4v) is 3.94. The Morgan fingerprint density at radius 2 is 1.94 bits per heavy atom. The van der Waals surface area contributed by atoms with Crippen molar-refractivity contribution >= 4 is 35.5 Å². The van der Waals surface area contributed by atoms with E-state index < -0.39 is 35.7 Å². The van der Waals surface area contributed by atoms with Gasteiger partial charge in [0.2, 0.25) is 11.8 Å². The average molecular weight is 465 g/mol. The van der Waals surface area contributed by atoms with Crippen LogP contribution in [0.4, 0.5) is 10.6 Å². The number of nitrogens with one attached hydrogen (secondary N) is 3. The number of amides is 6. The Labute approximate surface area is 194 Å². The molecule has 4 rings (SSSR count). The maximum Gasteiger partial charge on any atom is 0.320 e. The minimum Gasteiger partial charge on any atom is -0.497 e. The van der Waals surface area contributed by atoms with Crippen LogP contribution in [0.1, 0.15) is 45.5 Å². The molecule has 11 nitrogen and oxygen atoms in total. The number of benzene rings is 1. The Hall–Kier alpha value is -4.28. The Morgan fingerprint density at radius 3 is 2.71 bits per heavy atom. The van der Waals surface area contributed by atoms with Crippen LogP contribution in [-0.4, -0.2) is 59.2 Å². The van der Waals surface area contributed by atoms with E-state index in [0.29, 0.717) is 31.0 Å². The largest absolute Gasteiger partial charge is 0.497 e. The van der Waals surface area contributed by atoms with Gasteiger partial charge < -0.3 is 10.1 Å². The Bertz CT molecular complexity index is 1180. The van der Waals surface area contributed by atoms with Crippen LogP contribution >= 0.6 is 0 Å². The number of imide groups is 2. The molecule has 6 amide bonds. The summed E-state index contributed by atoms with van der Waals surface area (Å²) in [5.74, 6) is -1.20. The van der Waals surface area contributed by atoms with E-state index in [1.54, 1.807) is 30.3 Å². The van der Waals surface area contributed by atoms with Crippen molar-refractivity contribution in [2.45, 2.75) is 31.7 Å². The van der Waals surface area contributed by atoms with Crippen molar-refractivity contribution in [2.75, 3.05) is 19.0 Å². The minimum absolute atomic E-state index is 0.0729. The van der Waals surface area contributed by atoms with Gasteiger partial charge in [-0.15, -0.1) is 0 Å². The van der Waals surface area contributed by atoms with Crippen LogP contribution in [0.5, 0.6) is 5.75 Å². The molecule has 0 bridgehead atoms. The van der Waals surface area contributed by atoms with Crippen LogP contribution < -0.4 is 20.7 Å². The van der Waals surface area contributed by atoms with Crippen LogP contribution in [-0.2, 0) is 16.0 Å². The molecule has 34 heavy (non-hydrogen) atoms. The van der Waals surface area contributed by atoms with E-state index in [-0.39, 0.29) is 24.0 Å². The summed E-state index contributed by atoms with van der Waals surface area (Å²) in [7, 11) is 1.52. The average Bonchev–Trinajstić information content (AvgIpc) is 3.06. The van der Waals surface area contributed by atoms with E-state index in [9.17, 15) is 24.0 Å². The summed E-state index contributed by atoms with van der Waals surface area (Å²) in [4.78, 5) is 66.2. The number of urea groups is 1. The van der Waals surface area contributed by atoms with Crippen LogP contribution in [0.25, 0.3) is 0 Å². The predicted octanol–water partition coefficient (Wildman–Crippen LogP) is 1.25. The van der Waals surface area contributed by atoms with E-state index in [0.717, 1.165) is 10.5 Å². The number of pyridine rings is 1. The predicted molar refractivity (Wildman–Crippen MR) is 119 cm³/mol. The lowest BCUT2D eigenvalue weighted by atomic mass is 10.0. The van der Waals surface area contributed by atoms with Crippen molar-refractivity contribution in [1.29, 1.82) is 0 Å². The number of nitrogens with zero attached hydrogens (tertiary/aromatic N) is 2. The normalized spacial score (nSPS) is 17.3. The second kappa shape index (κ2) is 9.69.